The van der Waals surface area contributed by atoms with Crippen LogP contribution in [0.4, 0.5) is 0 Å². The van der Waals surface area contributed by atoms with Crippen LogP contribution in [0.1, 0.15) is 62.3 Å². The molecule has 0 aliphatic carbocycles. The third kappa shape index (κ3) is 3.80. The van der Waals surface area contributed by atoms with Gasteiger partial charge in [-0.2, -0.15) is 0 Å². The van der Waals surface area contributed by atoms with Crippen molar-refractivity contribution in [3.05, 3.63) is 58.7 Å². The molecule has 0 bridgehead atoms. The van der Waals surface area contributed by atoms with Crippen LogP contribution in [0.25, 0.3) is 11.1 Å². The fourth-order valence-electron chi connectivity index (χ4n) is 3.41. The third-order valence-electron chi connectivity index (χ3n) is 4.35. The highest BCUT2D eigenvalue weighted by Gasteiger charge is 2.13. The van der Waals surface area contributed by atoms with Crippen LogP contribution in [0, 0.1) is 6.92 Å². The molecule has 0 aromatic heterocycles. The molecule has 0 atom stereocenters. The Bertz CT molecular complexity index is 580. The molecule has 2 aromatic carbocycles. The first-order chi connectivity index (χ1) is 10.7. The summed E-state index contributed by atoms with van der Waals surface area (Å²) in [6.07, 6.45) is 7.19. The Kier molecular flexibility index (Phi) is 6.24. The van der Waals surface area contributed by atoms with Crippen molar-refractivity contribution >= 4 is 0 Å². The molecular weight excluding hydrogens is 264 g/mol. The lowest BCUT2D eigenvalue weighted by atomic mass is 9.86. The van der Waals surface area contributed by atoms with Gasteiger partial charge in [0.05, 0.1) is 0 Å². The SMILES string of the molecule is CCCc1cc(CCC)c(-c2ccccc2C)c(CCC)c1. The van der Waals surface area contributed by atoms with Crippen LogP contribution in [-0.2, 0) is 19.3 Å². The van der Waals surface area contributed by atoms with Gasteiger partial charge in [-0.05, 0) is 59.6 Å². The fraction of sp³-hybridized carbons (Fsp3) is 0.455. The van der Waals surface area contributed by atoms with Gasteiger partial charge in [0.1, 0.15) is 0 Å². The second kappa shape index (κ2) is 8.17. The van der Waals surface area contributed by atoms with Crippen molar-refractivity contribution in [3.8, 4) is 11.1 Å². The van der Waals surface area contributed by atoms with Gasteiger partial charge in [-0.15, -0.1) is 0 Å². The normalized spacial score (nSPS) is 10.9. The number of hydrogen-bond acceptors (Lipinski definition) is 0. The van der Waals surface area contributed by atoms with E-state index in [0.717, 1.165) is 0 Å². The summed E-state index contributed by atoms with van der Waals surface area (Å²) in [5, 5.41) is 0. The quantitative estimate of drug-likeness (QED) is 0.545. The maximum Gasteiger partial charge on any atom is -0.0117 e. The van der Waals surface area contributed by atoms with Crippen molar-refractivity contribution in [1.82, 2.24) is 0 Å². The largest absolute Gasteiger partial charge is 0.0651 e. The summed E-state index contributed by atoms with van der Waals surface area (Å²) in [6, 6.07) is 13.8. The van der Waals surface area contributed by atoms with Gasteiger partial charge in [0.15, 0.2) is 0 Å². The second-order valence-electron chi connectivity index (χ2n) is 6.35. The predicted molar refractivity (Wildman–Crippen MR) is 98.6 cm³/mol. The molecule has 22 heavy (non-hydrogen) atoms. The standard InChI is InChI=1S/C22H30/c1-5-10-18-15-19(11-6-2)22(20(16-18)12-7-3)21-14-9-8-13-17(21)4/h8-9,13-16H,5-7,10-12H2,1-4H3. The van der Waals surface area contributed by atoms with Crippen LogP contribution < -0.4 is 0 Å². The van der Waals surface area contributed by atoms with E-state index in [9.17, 15) is 0 Å². The summed E-state index contributed by atoms with van der Waals surface area (Å²) < 4.78 is 0. The van der Waals surface area contributed by atoms with Crippen molar-refractivity contribution in [2.24, 2.45) is 0 Å². The Morgan fingerprint density at radius 3 is 1.77 bits per heavy atom. The van der Waals surface area contributed by atoms with Gasteiger partial charge in [-0.25, -0.2) is 0 Å². The molecule has 0 N–H and O–H groups in total. The highest BCUT2D eigenvalue weighted by atomic mass is 14.2. The van der Waals surface area contributed by atoms with E-state index >= 15 is 0 Å². The number of benzene rings is 2. The van der Waals surface area contributed by atoms with E-state index in [-0.39, 0.29) is 0 Å². The minimum atomic E-state index is 1.18. The molecule has 2 rings (SSSR count). The first-order valence-corrected chi connectivity index (χ1v) is 8.91. The molecule has 0 saturated heterocycles. The molecule has 0 heterocycles. The Labute approximate surface area is 136 Å². The molecular formula is C22H30. The molecule has 0 nitrogen and oxygen atoms in total. The zero-order chi connectivity index (χ0) is 15.9. The van der Waals surface area contributed by atoms with Crippen molar-refractivity contribution in [3.63, 3.8) is 0 Å². The summed E-state index contributed by atoms with van der Waals surface area (Å²) in [7, 11) is 0. The molecule has 0 unspecified atom stereocenters. The van der Waals surface area contributed by atoms with Crippen molar-refractivity contribution in [1.29, 1.82) is 0 Å². The summed E-state index contributed by atoms with van der Waals surface area (Å²) >= 11 is 0. The van der Waals surface area contributed by atoms with Crippen LogP contribution in [0.2, 0.25) is 0 Å². The molecule has 0 saturated carbocycles. The van der Waals surface area contributed by atoms with Gasteiger partial charge < -0.3 is 0 Å². The first kappa shape index (κ1) is 16.8. The number of aryl methyl sites for hydroxylation is 4. The Morgan fingerprint density at radius 1 is 0.727 bits per heavy atom. The van der Waals surface area contributed by atoms with E-state index in [4.69, 9.17) is 0 Å². The number of rotatable bonds is 7. The second-order valence-corrected chi connectivity index (χ2v) is 6.35. The predicted octanol–water partition coefficient (Wildman–Crippen LogP) is 6.52. The van der Waals surface area contributed by atoms with Gasteiger partial charge in [-0.1, -0.05) is 76.4 Å². The van der Waals surface area contributed by atoms with Crippen LogP contribution in [0.3, 0.4) is 0 Å². The zero-order valence-electron chi connectivity index (χ0n) is 14.7. The molecule has 118 valence electrons. The summed E-state index contributed by atoms with van der Waals surface area (Å²) in [6.45, 7) is 9.08. The van der Waals surface area contributed by atoms with E-state index in [2.05, 4.69) is 64.1 Å². The third-order valence-corrected chi connectivity index (χ3v) is 4.35. The average Bonchev–Trinajstić information content (AvgIpc) is 2.49. The minimum Gasteiger partial charge on any atom is -0.0651 e. The van der Waals surface area contributed by atoms with E-state index < -0.39 is 0 Å². The average molecular weight is 294 g/mol. The van der Waals surface area contributed by atoms with Crippen LogP contribution in [-0.4, -0.2) is 0 Å². The lowest BCUT2D eigenvalue weighted by Gasteiger charge is -2.19. The maximum atomic E-state index is 2.47. The van der Waals surface area contributed by atoms with Crippen molar-refractivity contribution in [2.45, 2.75) is 66.2 Å². The summed E-state index contributed by atoms with van der Waals surface area (Å²) in [5.74, 6) is 0. The molecule has 0 aliphatic heterocycles. The number of hydrogen-bond donors (Lipinski definition) is 0. The molecule has 0 radical (unpaired) electrons. The summed E-state index contributed by atoms with van der Waals surface area (Å²) in [5.41, 5.74) is 8.95. The van der Waals surface area contributed by atoms with Crippen molar-refractivity contribution < 1.29 is 0 Å². The van der Waals surface area contributed by atoms with Crippen LogP contribution in [0.15, 0.2) is 36.4 Å². The first-order valence-electron chi connectivity index (χ1n) is 8.91. The van der Waals surface area contributed by atoms with Gasteiger partial charge >= 0.3 is 0 Å². The van der Waals surface area contributed by atoms with Crippen LogP contribution in [0.5, 0.6) is 0 Å². The summed E-state index contributed by atoms with van der Waals surface area (Å²) in [4.78, 5) is 0. The van der Waals surface area contributed by atoms with Gasteiger partial charge in [0, 0.05) is 0 Å². The molecule has 2 aromatic rings. The Morgan fingerprint density at radius 2 is 1.27 bits per heavy atom. The Hall–Kier alpha value is -1.56. The maximum absolute atomic E-state index is 2.47. The lowest BCUT2D eigenvalue weighted by molar-refractivity contribution is 0.873. The van der Waals surface area contributed by atoms with Gasteiger partial charge in [-0.3, -0.25) is 0 Å². The molecule has 0 fully saturated rings. The topological polar surface area (TPSA) is 0 Å². The smallest absolute Gasteiger partial charge is 0.0117 e. The van der Waals surface area contributed by atoms with E-state index in [1.54, 1.807) is 11.1 Å². The molecule has 0 amide bonds. The van der Waals surface area contributed by atoms with E-state index in [1.165, 1.54) is 60.8 Å². The minimum absolute atomic E-state index is 1.18. The van der Waals surface area contributed by atoms with Gasteiger partial charge in [0.25, 0.3) is 0 Å². The highest BCUT2D eigenvalue weighted by molar-refractivity contribution is 5.74. The lowest BCUT2D eigenvalue weighted by Crippen LogP contribution is -2.01. The van der Waals surface area contributed by atoms with E-state index in [0.29, 0.717) is 0 Å². The Balaban J connectivity index is 2.64. The highest BCUT2D eigenvalue weighted by Crippen LogP contribution is 2.33. The van der Waals surface area contributed by atoms with Gasteiger partial charge in [0.2, 0.25) is 0 Å². The molecule has 0 spiro atoms. The fourth-order valence-corrected chi connectivity index (χ4v) is 3.41. The van der Waals surface area contributed by atoms with Crippen molar-refractivity contribution in [2.75, 3.05) is 0 Å². The van der Waals surface area contributed by atoms with E-state index in [1.807, 2.05) is 0 Å². The molecule has 0 heteroatoms. The van der Waals surface area contributed by atoms with Crippen LogP contribution >= 0.6 is 0 Å². The molecule has 0 aliphatic rings. The monoisotopic (exact) mass is 294 g/mol. The zero-order valence-corrected chi connectivity index (χ0v) is 14.7.